The molecule has 1 unspecified atom stereocenters. The summed E-state index contributed by atoms with van der Waals surface area (Å²) in [5, 5.41) is 14.2. The maximum atomic E-state index is 13.1. The molecule has 8 nitrogen and oxygen atoms in total. The van der Waals surface area contributed by atoms with Gasteiger partial charge in [-0.25, -0.2) is 0 Å². The molecule has 0 radical (unpaired) electrons. The molecule has 3 aromatic rings. The summed E-state index contributed by atoms with van der Waals surface area (Å²) >= 11 is 0. The SMILES string of the molecule is COc1ccccc1C(CNC(=O)c1cccc2c(C)[nH]nc12)NC(=O)CC1=CCN(C)CC1. The highest BCUT2D eigenvalue weighted by molar-refractivity contribution is 6.06. The van der Waals surface area contributed by atoms with Crippen LogP contribution in [0.5, 0.6) is 5.75 Å². The van der Waals surface area contributed by atoms with Crippen molar-refractivity contribution in [3.8, 4) is 5.75 Å². The maximum absolute atomic E-state index is 13.1. The van der Waals surface area contributed by atoms with E-state index in [0.717, 1.165) is 41.7 Å². The third-order valence-corrected chi connectivity index (χ3v) is 6.23. The first-order chi connectivity index (χ1) is 16.5. The lowest BCUT2D eigenvalue weighted by molar-refractivity contribution is -0.121. The molecule has 4 rings (SSSR count). The fraction of sp³-hybridized carbons (Fsp3) is 0.346. The summed E-state index contributed by atoms with van der Waals surface area (Å²) in [6, 6.07) is 12.6. The van der Waals surface area contributed by atoms with Crippen LogP contribution in [0.2, 0.25) is 0 Å². The Morgan fingerprint density at radius 3 is 2.79 bits per heavy atom. The average Bonchev–Trinajstić information content (AvgIpc) is 3.23. The highest BCUT2D eigenvalue weighted by Gasteiger charge is 2.22. The molecule has 0 bridgehead atoms. The van der Waals surface area contributed by atoms with Crippen LogP contribution in [-0.4, -0.2) is 60.7 Å². The number of hydrogen-bond acceptors (Lipinski definition) is 5. The van der Waals surface area contributed by atoms with Crippen LogP contribution in [0.1, 0.15) is 40.5 Å². The molecule has 3 N–H and O–H groups in total. The third kappa shape index (κ3) is 5.28. The first-order valence-corrected chi connectivity index (χ1v) is 11.5. The van der Waals surface area contributed by atoms with Gasteiger partial charge in [-0.05, 0) is 32.5 Å². The van der Waals surface area contributed by atoms with Crippen LogP contribution >= 0.6 is 0 Å². The quantitative estimate of drug-likeness (QED) is 0.448. The normalized spacial score (nSPS) is 15.0. The molecule has 0 aliphatic carbocycles. The molecule has 178 valence electrons. The van der Waals surface area contributed by atoms with Crippen molar-refractivity contribution in [2.24, 2.45) is 0 Å². The smallest absolute Gasteiger partial charge is 0.253 e. The third-order valence-electron chi connectivity index (χ3n) is 6.23. The number of carbonyl (C=O) groups excluding carboxylic acids is 2. The molecule has 2 amide bonds. The Hall–Kier alpha value is -3.65. The van der Waals surface area contributed by atoms with Crippen molar-refractivity contribution >= 4 is 22.7 Å². The van der Waals surface area contributed by atoms with E-state index < -0.39 is 6.04 Å². The standard InChI is InChI=1S/C26H31N5O3/c1-17-19-8-6-9-21(25(19)30-29-17)26(33)27-16-22(20-7-4-5-10-23(20)34-3)28-24(32)15-18-11-13-31(2)14-12-18/h4-11,22H,12-16H2,1-3H3,(H,27,33)(H,28,32)(H,29,30). The zero-order valence-electron chi connectivity index (χ0n) is 19.9. The minimum atomic E-state index is -0.445. The van der Waals surface area contributed by atoms with Crippen molar-refractivity contribution in [3.63, 3.8) is 0 Å². The zero-order chi connectivity index (χ0) is 24.1. The summed E-state index contributed by atoms with van der Waals surface area (Å²) < 4.78 is 5.53. The molecule has 1 aliphatic heterocycles. The minimum Gasteiger partial charge on any atom is -0.496 e. The number of methoxy groups -OCH3 is 1. The second kappa shape index (κ2) is 10.5. The van der Waals surface area contributed by atoms with Crippen molar-refractivity contribution in [2.75, 3.05) is 33.8 Å². The Bertz CT molecular complexity index is 1220. The molecular weight excluding hydrogens is 430 g/mol. The highest BCUT2D eigenvalue weighted by Crippen LogP contribution is 2.25. The van der Waals surface area contributed by atoms with Crippen molar-refractivity contribution in [1.82, 2.24) is 25.7 Å². The van der Waals surface area contributed by atoms with Gasteiger partial charge in [-0.2, -0.15) is 5.10 Å². The Labute approximate surface area is 199 Å². The van der Waals surface area contributed by atoms with Crippen molar-refractivity contribution in [3.05, 3.63) is 70.9 Å². The lowest BCUT2D eigenvalue weighted by atomic mass is 10.0. The first-order valence-electron chi connectivity index (χ1n) is 11.5. The number of hydrogen-bond donors (Lipinski definition) is 3. The van der Waals surface area contributed by atoms with E-state index in [9.17, 15) is 9.59 Å². The number of benzene rings is 2. The summed E-state index contributed by atoms with van der Waals surface area (Å²) in [5.74, 6) is 0.334. The van der Waals surface area contributed by atoms with Gasteiger partial charge in [0.05, 0.1) is 18.7 Å². The molecule has 1 aliphatic rings. The Balaban J connectivity index is 1.51. The molecule has 0 saturated heterocycles. The number of amides is 2. The predicted octanol–water partition coefficient (Wildman–Crippen LogP) is 3.12. The number of likely N-dealkylation sites (N-methyl/N-ethyl adjacent to an activating group) is 1. The van der Waals surface area contributed by atoms with Gasteiger partial charge in [-0.3, -0.25) is 14.7 Å². The number of aryl methyl sites for hydroxylation is 1. The van der Waals surface area contributed by atoms with Gasteiger partial charge >= 0.3 is 0 Å². The van der Waals surface area contributed by atoms with Crippen LogP contribution in [0.25, 0.3) is 10.9 Å². The van der Waals surface area contributed by atoms with Crippen LogP contribution in [-0.2, 0) is 4.79 Å². The highest BCUT2D eigenvalue weighted by atomic mass is 16.5. The van der Waals surface area contributed by atoms with Gasteiger partial charge in [0.2, 0.25) is 5.91 Å². The molecule has 0 spiro atoms. The second-order valence-electron chi connectivity index (χ2n) is 8.67. The van der Waals surface area contributed by atoms with E-state index in [2.05, 4.69) is 38.9 Å². The van der Waals surface area contributed by atoms with E-state index in [1.807, 2.05) is 43.3 Å². The van der Waals surface area contributed by atoms with E-state index in [1.165, 1.54) is 0 Å². The summed E-state index contributed by atoms with van der Waals surface area (Å²) in [7, 11) is 3.67. The molecule has 2 aromatic carbocycles. The number of nitrogens with one attached hydrogen (secondary N) is 3. The maximum Gasteiger partial charge on any atom is 0.253 e. The summed E-state index contributed by atoms with van der Waals surface area (Å²) in [5.41, 5.74) is 3.98. The van der Waals surface area contributed by atoms with E-state index in [1.54, 1.807) is 13.2 Å². The molecule has 1 aromatic heterocycles. The van der Waals surface area contributed by atoms with Gasteiger partial charge in [-0.1, -0.05) is 42.0 Å². The Kier molecular flexibility index (Phi) is 7.27. The lowest BCUT2D eigenvalue weighted by Gasteiger charge is -2.24. The van der Waals surface area contributed by atoms with E-state index in [-0.39, 0.29) is 18.4 Å². The zero-order valence-corrected chi connectivity index (χ0v) is 19.9. The monoisotopic (exact) mass is 461 g/mol. The Morgan fingerprint density at radius 2 is 2.03 bits per heavy atom. The largest absolute Gasteiger partial charge is 0.496 e. The molecule has 2 heterocycles. The number of fused-ring (bicyclic) bond motifs is 1. The molecular formula is C26H31N5O3. The molecule has 0 fully saturated rings. The number of aromatic amines is 1. The van der Waals surface area contributed by atoms with Crippen molar-refractivity contribution in [2.45, 2.75) is 25.8 Å². The van der Waals surface area contributed by atoms with Crippen LogP contribution in [0, 0.1) is 6.92 Å². The first kappa shape index (κ1) is 23.5. The van der Waals surface area contributed by atoms with Gasteiger partial charge < -0.3 is 20.3 Å². The minimum absolute atomic E-state index is 0.0778. The van der Waals surface area contributed by atoms with Gasteiger partial charge in [0.15, 0.2) is 0 Å². The van der Waals surface area contributed by atoms with Crippen LogP contribution < -0.4 is 15.4 Å². The number of H-pyrrole nitrogens is 1. The number of aromatic nitrogens is 2. The Morgan fingerprint density at radius 1 is 1.21 bits per heavy atom. The van der Waals surface area contributed by atoms with Gasteiger partial charge in [-0.15, -0.1) is 0 Å². The van der Waals surface area contributed by atoms with Crippen LogP contribution in [0.4, 0.5) is 0 Å². The second-order valence-corrected chi connectivity index (χ2v) is 8.67. The number of carbonyl (C=O) groups is 2. The van der Waals surface area contributed by atoms with E-state index in [4.69, 9.17) is 4.74 Å². The molecule has 8 heteroatoms. The molecule has 0 saturated carbocycles. The number of ether oxygens (including phenoxy) is 1. The molecule has 1 atom stereocenters. The lowest BCUT2D eigenvalue weighted by Crippen LogP contribution is -2.38. The predicted molar refractivity (Wildman–Crippen MR) is 132 cm³/mol. The topological polar surface area (TPSA) is 99.3 Å². The summed E-state index contributed by atoms with van der Waals surface area (Å²) in [6.45, 7) is 3.94. The summed E-state index contributed by atoms with van der Waals surface area (Å²) in [6.07, 6.45) is 3.35. The van der Waals surface area contributed by atoms with Crippen molar-refractivity contribution in [1.29, 1.82) is 0 Å². The number of nitrogens with zero attached hydrogens (tertiary/aromatic N) is 2. The van der Waals surface area contributed by atoms with Gasteiger partial charge in [0.1, 0.15) is 11.3 Å². The number of para-hydroxylation sites is 2. The van der Waals surface area contributed by atoms with E-state index in [0.29, 0.717) is 23.3 Å². The van der Waals surface area contributed by atoms with Crippen LogP contribution in [0.3, 0.4) is 0 Å². The number of rotatable bonds is 8. The average molecular weight is 462 g/mol. The van der Waals surface area contributed by atoms with Crippen LogP contribution in [0.15, 0.2) is 54.1 Å². The fourth-order valence-electron chi connectivity index (χ4n) is 4.26. The van der Waals surface area contributed by atoms with Gasteiger partial charge in [0.25, 0.3) is 5.91 Å². The fourth-order valence-corrected chi connectivity index (χ4v) is 4.26. The van der Waals surface area contributed by atoms with Crippen molar-refractivity contribution < 1.29 is 14.3 Å². The van der Waals surface area contributed by atoms with Gasteiger partial charge in [0, 0.05) is 42.7 Å². The molecule has 34 heavy (non-hydrogen) atoms. The summed E-state index contributed by atoms with van der Waals surface area (Å²) in [4.78, 5) is 28.2. The van der Waals surface area contributed by atoms with E-state index >= 15 is 0 Å².